The number of carbonyl (C=O) groups is 2. The van der Waals surface area contributed by atoms with E-state index in [1.54, 1.807) is 30.1 Å². The van der Waals surface area contributed by atoms with E-state index in [2.05, 4.69) is 0 Å². The monoisotopic (exact) mass is 291 g/mol. The van der Waals surface area contributed by atoms with Crippen molar-refractivity contribution in [1.82, 2.24) is 4.90 Å². The maximum Gasteiger partial charge on any atom is 0.335 e. The van der Waals surface area contributed by atoms with E-state index in [-0.39, 0.29) is 17.9 Å². The molecule has 1 amide bonds. The first-order valence-corrected chi connectivity index (χ1v) is 7.21. The second kappa shape index (κ2) is 7.22. The molecule has 1 heterocycles. The topological polar surface area (TPSA) is 66.8 Å². The molecule has 0 unspecified atom stereocenters. The molecule has 0 atom stereocenters. The van der Waals surface area contributed by atoms with Crippen molar-refractivity contribution in [3.05, 3.63) is 35.4 Å². The summed E-state index contributed by atoms with van der Waals surface area (Å²) in [7, 11) is 1.78. The van der Waals surface area contributed by atoms with E-state index in [1.807, 2.05) is 0 Å². The van der Waals surface area contributed by atoms with Crippen LogP contribution in [-0.4, -0.2) is 48.7 Å². The van der Waals surface area contributed by atoms with Gasteiger partial charge in [0.25, 0.3) is 0 Å². The van der Waals surface area contributed by atoms with E-state index in [0.717, 1.165) is 26.1 Å². The molecule has 0 radical (unpaired) electrons. The van der Waals surface area contributed by atoms with E-state index < -0.39 is 5.97 Å². The van der Waals surface area contributed by atoms with Crippen LogP contribution >= 0.6 is 0 Å². The standard InChI is InChI=1S/C16H21NO4/c1-17(11-12-6-8-21-9-7-12)15(18)10-13-4-2-3-5-14(13)16(19)20/h2-5,12H,6-11H2,1H3,(H,19,20). The van der Waals surface area contributed by atoms with E-state index >= 15 is 0 Å². The number of hydrogen-bond acceptors (Lipinski definition) is 3. The smallest absolute Gasteiger partial charge is 0.335 e. The number of benzene rings is 1. The van der Waals surface area contributed by atoms with Crippen molar-refractivity contribution in [2.45, 2.75) is 19.3 Å². The van der Waals surface area contributed by atoms with E-state index in [9.17, 15) is 9.59 Å². The van der Waals surface area contributed by atoms with Crippen LogP contribution in [0.2, 0.25) is 0 Å². The molecule has 0 bridgehead atoms. The Morgan fingerprint density at radius 2 is 1.95 bits per heavy atom. The summed E-state index contributed by atoms with van der Waals surface area (Å²) in [4.78, 5) is 25.1. The normalized spacial score (nSPS) is 15.7. The SMILES string of the molecule is CN(CC1CCOCC1)C(=O)Cc1ccccc1C(=O)O. The van der Waals surface area contributed by atoms with Crippen molar-refractivity contribution in [2.75, 3.05) is 26.8 Å². The number of carboxylic acids is 1. The Morgan fingerprint density at radius 3 is 2.62 bits per heavy atom. The van der Waals surface area contributed by atoms with Crippen LogP contribution < -0.4 is 0 Å². The van der Waals surface area contributed by atoms with Crippen LogP contribution in [0.5, 0.6) is 0 Å². The van der Waals surface area contributed by atoms with Crippen LogP contribution in [0.4, 0.5) is 0 Å². The molecule has 114 valence electrons. The minimum absolute atomic E-state index is 0.0461. The van der Waals surface area contributed by atoms with Crippen molar-refractivity contribution in [3.63, 3.8) is 0 Å². The summed E-state index contributed by atoms with van der Waals surface area (Å²) >= 11 is 0. The molecule has 1 aromatic carbocycles. The fourth-order valence-corrected chi connectivity index (χ4v) is 2.60. The van der Waals surface area contributed by atoms with Gasteiger partial charge in [0.1, 0.15) is 0 Å². The first-order valence-electron chi connectivity index (χ1n) is 7.21. The summed E-state index contributed by atoms with van der Waals surface area (Å²) in [5.41, 5.74) is 0.763. The molecule has 0 aromatic heterocycles. The first-order chi connectivity index (χ1) is 10.1. The fourth-order valence-electron chi connectivity index (χ4n) is 2.60. The second-order valence-electron chi connectivity index (χ2n) is 5.47. The summed E-state index contributed by atoms with van der Waals surface area (Å²) in [6, 6.07) is 6.66. The zero-order valence-corrected chi connectivity index (χ0v) is 12.2. The average Bonchev–Trinajstić information content (AvgIpc) is 2.48. The number of hydrogen-bond donors (Lipinski definition) is 1. The summed E-state index contributed by atoms with van der Waals surface area (Å²) in [5, 5.41) is 9.14. The van der Waals surface area contributed by atoms with Gasteiger partial charge in [0, 0.05) is 26.8 Å². The summed E-state index contributed by atoms with van der Waals surface area (Å²) in [5.74, 6) is -0.567. The van der Waals surface area contributed by atoms with E-state index in [0.29, 0.717) is 18.0 Å². The van der Waals surface area contributed by atoms with Crippen molar-refractivity contribution in [1.29, 1.82) is 0 Å². The van der Waals surface area contributed by atoms with Gasteiger partial charge in [-0.25, -0.2) is 4.79 Å². The third-order valence-corrected chi connectivity index (χ3v) is 3.89. The molecule has 0 saturated carbocycles. The third kappa shape index (κ3) is 4.29. The van der Waals surface area contributed by atoms with Gasteiger partial charge in [-0.3, -0.25) is 4.79 Å². The third-order valence-electron chi connectivity index (χ3n) is 3.89. The zero-order chi connectivity index (χ0) is 15.2. The van der Waals surface area contributed by atoms with Crippen LogP contribution in [0.15, 0.2) is 24.3 Å². The number of carbonyl (C=O) groups excluding carboxylic acids is 1. The molecular formula is C16H21NO4. The fraction of sp³-hybridized carbons (Fsp3) is 0.500. The Balaban J connectivity index is 1.95. The lowest BCUT2D eigenvalue weighted by molar-refractivity contribution is -0.130. The van der Waals surface area contributed by atoms with Gasteiger partial charge in [-0.1, -0.05) is 18.2 Å². The van der Waals surface area contributed by atoms with Crippen molar-refractivity contribution >= 4 is 11.9 Å². The highest BCUT2D eigenvalue weighted by molar-refractivity contribution is 5.91. The molecule has 5 heteroatoms. The quantitative estimate of drug-likeness (QED) is 0.898. The lowest BCUT2D eigenvalue weighted by Crippen LogP contribution is -2.35. The first kappa shape index (κ1) is 15.5. The average molecular weight is 291 g/mol. The number of likely N-dealkylation sites (N-methyl/N-ethyl adjacent to an activating group) is 1. The second-order valence-corrected chi connectivity index (χ2v) is 5.47. The number of amides is 1. The van der Waals surface area contributed by atoms with Gasteiger partial charge >= 0.3 is 5.97 Å². The number of rotatable bonds is 5. The van der Waals surface area contributed by atoms with Gasteiger partial charge in [-0.05, 0) is 30.4 Å². The van der Waals surface area contributed by atoms with Gasteiger partial charge in [0.05, 0.1) is 12.0 Å². The minimum atomic E-state index is -0.995. The van der Waals surface area contributed by atoms with Crippen molar-refractivity contribution in [3.8, 4) is 0 Å². The largest absolute Gasteiger partial charge is 0.478 e. The molecule has 1 aromatic rings. The summed E-state index contributed by atoms with van der Waals surface area (Å²) in [6.07, 6.45) is 2.08. The molecule has 21 heavy (non-hydrogen) atoms. The van der Waals surface area contributed by atoms with Crippen LogP contribution in [0.1, 0.15) is 28.8 Å². The lowest BCUT2D eigenvalue weighted by atomic mass is 9.99. The number of ether oxygens (including phenoxy) is 1. The molecule has 1 N–H and O–H groups in total. The number of nitrogens with zero attached hydrogens (tertiary/aromatic N) is 1. The Hall–Kier alpha value is -1.88. The molecule has 0 aliphatic carbocycles. The molecule has 2 rings (SSSR count). The van der Waals surface area contributed by atoms with Gasteiger partial charge in [0.15, 0.2) is 0 Å². The maximum atomic E-state index is 12.3. The van der Waals surface area contributed by atoms with Crippen LogP contribution in [0.3, 0.4) is 0 Å². The number of carboxylic acid groups (broad SMARTS) is 1. The Labute approximate surface area is 124 Å². The van der Waals surface area contributed by atoms with Crippen LogP contribution in [0, 0.1) is 5.92 Å². The Kier molecular flexibility index (Phi) is 5.33. The summed E-state index contributed by atoms with van der Waals surface area (Å²) < 4.78 is 5.31. The van der Waals surface area contributed by atoms with E-state index in [4.69, 9.17) is 9.84 Å². The van der Waals surface area contributed by atoms with Gasteiger partial charge in [0.2, 0.25) is 5.91 Å². The van der Waals surface area contributed by atoms with Crippen LogP contribution in [-0.2, 0) is 16.0 Å². The predicted octanol–water partition coefficient (Wildman–Crippen LogP) is 1.81. The highest BCUT2D eigenvalue weighted by Crippen LogP contribution is 2.17. The Morgan fingerprint density at radius 1 is 1.29 bits per heavy atom. The zero-order valence-electron chi connectivity index (χ0n) is 12.2. The molecule has 1 fully saturated rings. The van der Waals surface area contributed by atoms with Gasteiger partial charge in [-0.15, -0.1) is 0 Å². The van der Waals surface area contributed by atoms with Crippen molar-refractivity contribution < 1.29 is 19.4 Å². The highest BCUT2D eigenvalue weighted by Gasteiger charge is 2.20. The number of aromatic carboxylic acids is 1. The summed E-state index contributed by atoms with van der Waals surface area (Å²) in [6.45, 7) is 2.22. The van der Waals surface area contributed by atoms with Crippen molar-refractivity contribution in [2.24, 2.45) is 5.92 Å². The lowest BCUT2D eigenvalue weighted by Gasteiger charge is -2.27. The predicted molar refractivity (Wildman–Crippen MR) is 78.3 cm³/mol. The van der Waals surface area contributed by atoms with Gasteiger partial charge < -0.3 is 14.7 Å². The Bertz CT molecular complexity index is 509. The molecular weight excluding hydrogens is 270 g/mol. The van der Waals surface area contributed by atoms with Crippen LogP contribution in [0.25, 0.3) is 0 Å². The maximum absolute atomic E-state index is 12.3. The molecule has 1 aliphatic heterocycles. The molecule has 1 saturated heterocycles. The molecule has 0 spiro atoms. The minimum Gasteiger partial charge on any atom is -0.478 e. The molecule has 1 aliphatic rings. The molecule has 5 nitrogen and oxygen atoms in total. The van der Waals surface area contributed by atoms with Gasteiger partial charge in [-0.2, -0.15) is 0 Å². The van der Waals surface area contributed by atoms with E-state index in [1.165, 1.54) is 6.07 Å². The highest BCUT2D eigenvalue weighted by atomic mass is 16.5.